The molecule has 1 aliphatic rings. The molecule has 5 nitrogen and oxygen atoms in total. The molecule has 4 rings (SSSR count). The molecule has 2 heterocycles. The number of benzene rings is 2. The standard InChI is InChI=1S/C22H22N2O3S/c1-3-24(13-17-5-4-6-19-20(17)27-12-11-26-19)22(25)18-14-28-21(23-18)16-9-7-15(2)8-10-16/h4-10,14H,3,11-13H2,1-2H3. The van der Waals surface area contributed by atoms with Gasteiger partial charge in [0.25, 0.3) is 5.91 Å². The summed E-state index contributed by atoms with van der Waals surface area (Å²) in [4.78, 5) is 19.4. The molecule has 144 valence electrons. The maximum Gasteiger partial charge on any atom is 0.273 e. The van der Waals surface area contributed by atoms with Gasteiger partial charge in [-0.05, 0) is 19.9 Å². The average molecular weight is 394 g/mol. The molecule has 0 saturated carbocycles. The summed E-state index contributed by atoms with van der Waals surface area (Å²) in [5, 5.41) is 2.69. The lowest BCUT2D eigenvalue weighted by molar-refractivity contribution is 0.0744. The maximum absolute atomic E-state index is 13.0. The van der Waals surface area contributed by atoms with Crippen molar-refractivity contribution in [3.05, 3.63) is 64.7 Å². The van der Waals surface area contributed by atoms with E-state index < -0.39 is 0 Å². The van der Waals surface area contributed by atoms with Gasteiger partial charge < -0.3 is 14.4 Å². The second-order valence-electron chi connectivity index (χ2n) is 6.66. The molecule has 0 radical (unpaired) electrons. The lowest BCUT2D eigenvalue weighted by atomic mass is 10.1. The molecule has 3 aromatic rings. The SMILES string of the molecule is CCN(Cc1cccc2c1OCCO2)C(=O)c1csc(-c2ccc(C)cc2)n1. The van der Waals surface area contributed by atoms with E-state index in [1.807, 2.05) is 42.6 Å². The monoisotopic (exact) mass is 394 g/mol. The van der Waals surface area contributed by atoms with Gasteiger partial charge in [-0.2, -0.15) is 0 Å². The molecule has 2 aromatic carbocycles. The first-order valence-corrected chi connectivity index (χ1v) is 10.2. The number of rotatable bonds is 5. The van der Waals surface area contributed by atoms with Crippen molar-refractivity contribution in [1.29, 1.82) is 0 Å². The summed E-state index contributed by atoms with van der Waals surface area (Å²) in [5.74, 6) is 1.40. The Morgan fingerprint density at radius 2 is 1.93 bits per heavy atom. The number of ether oxygens (including phenoxy) is 2. The van der Waals surface area contributed by atoms with Crippen LogP contribution in [0.15, 0.2) is 47.8 Å². The second-order valence-corrected chi connectivity index (χ2v) is 7.52. The molecule has 0 saturated heterocycles. The van der Waals surface area contributed by atoms with Crippen LogP contribution in [-0.4, -0.2) is 35.5 Å². The highest BCUT2D eigenvalue weighted by atomic mass is 32.1. The summed E-state index contributed by atoms with van der Waals surface area (Å²) in [6, 6.07) is 14.0. The van der Waals surface area contributed by atoms with Crippen LogP contribution in [0.4, 0.5) is 0 Å². The largest absolute Gasteiger partial charge is 0.486 e. The van der Waals surface area contributed by atoms with Crippen molar-refractivity contribution >= 4 is 17.2 Å². The molecule has 6 heteroatoms. The number of thiazole rings is 1. The van der Waals surface area contributed by atoms with E-state index in [-0.39, 0.29) is 5.91 Å². The third-order valence-corrected chi connectivity index (χ3v) is 5.59. The van der Waals surface area contributed by atoms with Crippen LogP contribution in [0.3, 0.4) is 0 Å². The van der Waals surface area contributed by atoms with Crippen molar-refractivity contribution in [3.8, 4) is 22.1 Å². The Kier molecular flexibility index (Phi) is 5.30. The Balaban J connectivity index is 1.54. The summed E-state index contributed by atoms with van der Waals surface area (Å²) < 4.78 is 11.4. The van der Waals surface area contributed by atoms with Crippen LogP contribution >= 0.6 is 11.3 Å². The van der Waals surface area contributed by atoms with Gasteiger partial charge in [-0.3, -0.25) is 4.79 Å². The summed E-state index contributed by atoms with van der Waals surface area (Å²) in [7, 11) is 0. The molecule has 0 atom stereocenters. The molecular weight excluding hydrogens is 372 g/mol. The number of amides is 1. The van der Waals surface area contributed by atoms with Gasteiger partial charge in [0.2, 0.25) is 0 Å². The molecular formula is C22H22N2O3S. The zero-order valence-electron chi connectivity index (χ0n) is 16.0. The van der Waals surface area contributed by atoms with Gasteiger partial charge in [-0.25, -0.2) is 4.98 Å². The quantitative estimate of drug-likeness (QED) is 0.637. The van der Waals surface area contributed by atoms with E-state index in [2.05, 4.69) is 24.0 Å². The summed E-state index contributed by atoms with van der Waals surface area (Å²) >= 11 is 1.49. The molecule has 0 bridgehead atoms. The van der Waals surface area contributed by atoms with Crippen molar-refractivity contribution < 1.29 is 14.3 Å². The van der Waals surface area contributed by atoms with Crippen LogP contribution in [0.2, 0.25) is 0 Å². The van der Waals surface area contributed by atoms with Gasteiger partial charge in [0.05, 0.1) is 0 Å². The molecule has 1 aliphatic heterocycles. The van der Waals surface area contributed by atoms with Crippen LogP contribution in [0.1, 0.15) is 28.5 Å². The van der Waals surface area contributed by atoms with E-state index in [1.165, 1.54) is 16.9 Å². The number of hydrogen-bond acceptors (Lipinski definition) is 5. The highest BCUT2D eigenvalue weighted by Crippen LogP contribution is 2.34. The van der Waals surface area contributed by atoms with Gasteiger partial charge in [0.1, 0.15) is 23.9 Å². The van der Waals surface area contributed by atoms with Gasteiger partial charge in [0.15, 0.2) is 11.5 Å². The first-order valence-electron chi connectivity index (χ1n) is 9.35. The van der Waals surface area contributed by atoms with Crippen LogP contribution in [0.25, 0.3) is 10.6 Å². The lowest BCUT2D eigenvalue weighted by Crippen LogP contribution is -2.31. The van der Waals surface area contributed by atoms with E-state index >= 15 is 0 Å². The first-order chi connectivity index (χ1) is 13.7. The van der Waals surface area contributed by atoms with Crippen LogP contribution in [0.5, 0.6) is 11.5 Å². The minimum absolute atomic E-state index is 0.0774. The highest BCUT2D eigenvalue weighted by molar-refractivity contribution is 7.13. The fraction of sp³-hybridized carbons (Fsp3) is 0.273. The number of aryl methyl sites for hydroxylation is 1. The Bertz CT molecular complexity index is 982. The Morgan fingerprint density at radius 1 is 1.14 bits per heavy atom. The predicted octanol–water partition coefficient (Wildman–Crippen LogP) is 4.55. The van der Waals surface area contributed by atoms with Crippen molar-refractivity contribution in [2.75, 3.05) is 19.8 Å². The van der Waals surface area contributed by atoms with Crippen LogP contribution < -0.4 is 9.47 Å². The Morgan fingerprint density at radius 3 is 2.71 bits per heavy atom. The number of para-hydroxylation sites is 1. The van der Waals surface area contributed by atoms with Crippen LogP contribution in [0, 0.1) is 6.92 Å². The number of carbonyl (C=O) groups is 1. The zero-order valence-corrected chi connectivity index (χ0v) is 16.8. The topological polar surface area (TPSA) is 51.7 Å². The van der Waals surface area contributed by atoms with Crippen molar-refractivity contribution in [1.82, 2.24) is 9.88 Å². The number of nitrogens with zero attached hydrogens (tertiary/aromatic N) is 2. The van der Waals surface area contributed by atoms with Gasteiger partial charge in [-0.1, -0.05) is 42.0 Å². The molecule has 0 aliphatic carbocycles. The van der Waals surface area contributed by atoms with Gasteiger partial charge in [0, 0.05) is 29.6 Å². The fourth-order valence-corrected chi connectivity index (χ4v) is 3.95. The maximum atomic E-state index is 13.0. The molecule has 0 N–H and O–H groups in total. The van der Waals surface area contributed by atoms with E-state index in [1.54, 1.807) is 4.90 Å². The fourth-order valence-electron chi connectivity index (χ4n) is 3.15. The highest BCUT2D eigenvalue weighted by Gasteiger charge is 2.22. The van der Waals surface area contributed by atoms with E-state index in [4.69, 9.17) is 9.47 Å². The predicted molar refractivity (Wildman–Crippen MR) is 110 cm³/mol. The number of carbonyl (C=O) groups excluding carboxylic acids is 1. The normalized spacial score (nSPS) is 12.6. The second kappa shape index (κ2) is 8.02. The zero-order chi connectivity index (χ0) is 19.5. The van der Waals surface area contributed by atoms with Crippen LogP contribution in [-0.2, 0) is 6.54 Å². The average Bonchev–Trinajstić information content (AvgIpc) is 3.22. The Hall–Kier alpha value is -2.86. The summed E-state index contributed by atoms with van der Waals surface area (Å²) in [6.45, 7) is 6.14. The number of hydrogen-bond donors (Lipinski definition) is 0. The van der Waals surface area contributed by atoms with Gasteiger partial charge >= 0.3 is 0 Å². The third kappa shape index (κ3) is 3.73. The summed E-state index contributed by atoms with van der Waals surface area (Å²) in [5.41, 5.74) is 3.65. The third-order valence-electron chi connectivity index (χ3n) is 4.70. The Labute approximate surface area is 168 Å². The smallest absolute Gasteiger partial charge is 0.273 e. The molecule has 0 spiro atoms. The first kappa shape index (κ1) is 18.5. The number of fused-ring (bicyclic) bond motifs is 1. The minimum atomic E-state index is -0.0774. The van der Waals surface area contributed by atoms with Crippen molar-refractivity contribution in [3.63, 3.8) is 0 Å². The molecule has 0 fully saturated rings. The lowest BCUT2D eigenvalue weighted by Gasteiger charge is -2.25. The minimum Gasteiger partial charge on any atom is -0.486 e. The van der Waals surface area contributed by atoms with Crippen molar-refractivity contribution in [2.24, 2.45) is 0 Å². The molecule has 1 amide bonds. The van der Waals surface area contributed by atoms with Crippen molar-refractivity contribution in [2.45, 2.75) is 20.4 Å². The molecule has 1 aromatic heterocycles. The van der Waals surface area contributed by atoms with E-state index in [0.717, 1.165) is 27.6 Å². The van der Waals surface area contributed by atoms with Gasteiger partial charge in [-0.15, -0.1) is 11.3 Å². The summed E-state index contributed by atoms with van der Waals surface area (Å²) in [6.07, 6.45) is 0. The number of aromatic nitrogens is 1. The van der Waals surface area contributed by atoms with E-state index in [0.29, 0.717) is 32.0 Å². The molecule has 28 heavy (non-hydrogen) atoms. The molecule has 0 unspecified atom stereocenters. The van der Waals surface area contributed by atoms with E-state index in [9.17, 15) is 4.79 Å².